The summed E-state index contributed by atoms with van der Waals surface area (Å²) in [6.45, 7) is 2.11. The molecule has 0 spiro atoms. The first-order valence-corrected chi connectivity index (χ1v) is 11.3. The lowest BCUT2D eigenvalue weighted by atomic mass is 10.1. The van der Waals surface area contributed by atoms with Crippen LogP contribution >= 0.6 is 11.6 Å². The van der Waals surface area contributed by atoms with Crippen LogP contribution in [-0.2, 0) is 9.59 Å². The third-order valence-electron chi connectivity index (χ3n) is 4.76. The van der Waals surface area contributed by atoms with Crippen LogP contribution in [0.1, 0.15) is 12.5 Å². The van der Waals surface area contributed by atoms with E-state index in [9.17, 15) is 14.9 Å². The van der Waals surface area contributed by atoms with Gasteiger partial charge in [0, 0.05) is 11.4 Å². The second-order valence-electron chi connectivity index (χ2n) is 7.32. The Kier molecular flexibility index (Phi) is 9.32. The van der Waals surface area contributed by atoms with Crippen LogP contribution in [0.5, 0.6) is 17.2 Å². The molecule has 0 heterocycles. The van der Waals surface area contributed by atoms with E-state index in [1.54, 1.807) is 54.6 Å². The highest BCUT2D eigenvalue weighted by Gasteiger charge is 2.16. The molecule has 2 amide bonds. The zero-order valence-electron chi connectivity index (χ0n) is 19.7. The summed E-state index contributed by atoms with van der Waals surface area (Å²) in [6.07, 6.45) is 1.38. The van der Waals surface area contributed by atoms with Crippen LogP contribution in [0.3, 0.4) is 0 Å². The average molecular weight is 506 g/mol. The summed E-state index contributed by atoms with van der Waals surface area (Å²) in [7, 11) is 1.42. The first kappa shape index (κ1) is 26.1. The van der Waals surface area contributed by atoms with E-state index in [0.29, 0.717) is 29.3 Å². The van der Waals surface area contributed by atoms with E-state index in [-0.39, 0.29) is 34.6 Å². The molecular weight excluding hydrogens is 482 g/mol. The van der Waals surface area contributed by atoms with Gasteiger partial charge in [0.1, 0.15) is 17.4 Å². The van der Waals surface area contributed by atoms with Crippen molar-refractivity contribution in [2.75, 3.05) is 31.0 Å². The number of anilines is 2. The number of carbonyl (C=O) groups excluding carboxylic acids is 2. The van der Waals surface area contributed by atoms with E-state index >= 15 is 0 Å². The molecule has 184 valence electrons. The maximum absolute atomic E-state index is 12.6. The van der Waals surface area contributed by atoms with Crippen LogP contribution < -0.4 is 24.8 Å². The SMILES string of the molecule is CCOc1ccc(NC(=O)/C(C#N)=C/c2cc(Cl)c(OCC(=O)Nc3ccccc3)c(OC)c2)cc1. The predicted molar refractivity (Wildman–Crippen MR) is 138 cm³/mol. The van der Waals surface area contributed by atoms with Crippen molar-refractivity contribution in [2.45, 2.75) is 6.92 Å². The highest BCUT2D eigenvalue weighted by atomic mass is 35.5. The Morgan fingerprint density at radius 1 is 1.00 bits per heavy atom. The van der Waals surface area contributed by atoms with Crippen molar-refractivity contribution in [2.24, 2.45) is 0 Å². The standard InChI is InChI=1S/C27H24ClN3O5/c1-3-35-22-11-9-21(10-12-22)31-27(33)19(16-29)13-18-14-23(28)26(24(15-18)34-2)36-17-25(32)30-20-7-5-4-6-8-20/h4-15H,3,17H2,1-2H3,(H,30,32)(H,31,33)/b19-13+. The molecule has 2 N–H and O–H groups in total. The quantitative estimate of drug-likeness (QED) is 0.285. The minimum absolute atomic E-state index is 0.141. The number of ether oxygens (including phenoxy) is 3. The summed E-state index contributed by atoms with van der Waals surface area (Å²) in [4.78, 5) is 24.8. The van der Waals surface area contributed by atoms with Crippen molar-refractivity contribution < 1.29 is 23.8 Å². The predicted octanol–water partition coefficient (Wildman–Crippen LogP) is 5.31. The van der Waals surface area contributed by atoms with Gasteiger partial charge in [0.2, 0.25) is 0 Å². The van der Waals surface area contributed by atoms with Crippen molar-refractivity contribution in [3.8, 4) is 23.3 Å². The summed E-state index contributed by atoms with van der Waals surface area (Å²) >= 11 is 6.37. The lowest BCUT2D eigenvalue weighted by molar-refractivity contribution is -0.118. The Morgan fingerprint density at radius 3 is 2.33 bits per heavy atom. The van der Waals surface area contributed by atoms with Crippen molar-refractivity contribution in [1.29, 1.82) is 5.26 Å². The molecule has 3 aromatic carbocycles. The fourth-order valence-electron chi connectivity index (χ4n) is 3.13. The Morgan fingerprint density at radius 2 is 1.69 bits per heavy atom. The van der Waals surface area contributed by atoms with Crippen LogP contribution in [0.4, 0.5) is 11.4 Å². The fraction of sp³-hybridized carbons (Fsp3) is 0.148. The van der Waals surface area contributed by atoms with Gasteiger partial charge in [-0.15, -0.1) is 0 Å². The number of amides is 2. The van der Waals surface area contributed by atoms with Crippen molar-refractivity contribution in [3.63, 3.8) is 0 Å². The Balaban J connectivity index is 1.71. The minimum atomic E-state index is -0.588. The number of methoxy groups -OCH3 is 1. The number of nitriles is 1. The number of nitrogens with one attached hydrogen (secondary N) is 2. The van der Waals surface area contributed by atoms with Gasteiger partial charge in [0.15, 0.2) is 18.1 Å². The van der Waals surface area contributed by atoms with Gasteiger partial charge >= 0.3 is 0 Å². The zero-order valence-corrected chi connectivity index (χ0v) is 20.5. The summed E-state index contributed by atoms with van der Waals surface area (Å²) < 4.78 is 16.3. The van der Waals surface area contributed by atoms with Crippen LogP contribution in [-0.4, -0.2) is 32.1 Å². The highest BCUT2D eigenvalue weighted by Crippen LogP contribution is 2.37. The molecule has 0 aliphatic carbocycles. The molecule has 0 bridgehead atoms. The molecular formula is C27H24ClN3O5. The van der Waals surface area contributed by atoms with Gasteiger partial charge in [-0.05, 0) is 67.1 Å². The van der Waals surface area contributed by atoms with Gasteiger partial charge in [-0.3, -0.25) is 9.59 Å². The smallest absolute Gasteiger partial charge is 0.266 e. The number of halogens is 1. The van der Waals surface area contributed by atoms with Gasteiger partial charge < -0.3 is 24.8 Å². The molecule has 0 aliphatic rings. The highest BCUT2D eigenvalue weighted by molar-refractivity contribution is 6.32. The van der Waals surface area contributed by atoms with Crippen LogP contribution in [0.25, 0.3) is 6.08 Å². The number of hydrogen-bond donors (Lipinski definition) is 2. The van der Waals surface area contributed by atoms with Gasteiger partial charge in [-0.2, -0.15) is 5.26 Å². The Bertz CT molecular complexity index is 1290. The molecule has 9 heteroatoms. The van der Waals surface area contributed by atoms with E-state index in [1.807, 2.05) is 19.1 Å². The van der Waals surface area contributed by atoms with Crippen molar-refractivity contribution in [3.05, 3.63) is 82.9 Å². The molecule has 36 heavy (non-hydrogen) atoms. The fourth-order valence-corrected chi connectivity index (χ4v) is 3.41. The second kappa shape index (κ2) is 12.8. The molecule has 8 nitrogen and oxygen atoms in total. The molecule has 0 radical (unpaired) electrons. The molecule has 3 aromatic rings. The van der Waals surface area contributed by atoms with Crippen molar-refractivity contribution >= 4 is 40.9 Å². The van der Waals surface area contributed by atoms with E-state index in [0.717, 1.165) is 0 Å². The van der Waals surface area contributed by atoms with E-state index in [2.05, 4.69) is 10.6 Å². The molecule has 3 rings (SSSR count). The molecule has 0 aliphatic heterocycles. The monoisotopic (exact) mass is 505 g/mol. The molecule has 0 unspecified atom stereocenters. The third kappa shape index (κ3) is 7.26. The third-order valence-corrected chi connectivity index (χ3v) is 5.04. The number of benzene rings is 3. The molecule has 0 saturated heterocycles. The number of para-hydroxylation sites is 1. The van der Waals surface area contributed by atoms with Gasteiger partial charge in [-0.1, -0.05) is 29.8 Å². The van der Waals surface area contributed by atoms with E-state index in [1.165, 1.54) is 19.3 Å². The molecule has 0 fully saturated rings. The van der Waals surface area contributed by atoms with Gasteiger partial charge in [-0.25, -0.2) is 0 Å². The molecule has 0 saturated carbocycles. The number of hydrogen-bond acceptors (Lipinski definition) is 6. The first-order valence-electron chi connectivity index (χ1n) is 10.9. The van der Waals surface area contributed by atoms with Gasteiger partial charge in [0.05, 0.1) is 18.7 Å². The molecule has 0 atom stereocenters. The Hall–Kier alpha value is -4.48. The summed E-state index contributed by atoms with van der Waals surface area (Å²) in [5, 5.41) is 15.1. The van der Waals surface area contributed by atoms with Crippen LogP contribution in [0.2, 0.25) is 5.02 Å². The van der Waals surface area contributed by atoms with E-state index in [4.69, 9.17) is 25.8 Å². The Labute approximate surface area is 214 Å². The normalized spacial score (nSPS) is 10.7. The summed E-state index contributed by atoms with van der Waals surface area (Å²) in [6, 6.07) is 20.7. The van der Waals surface area contributed by atoms with Crippen LogP contribution in [0, 0.1) is 11.3 Å². The molecule has 0 aromatic heterocycles. The van der Waals surface area contributed by atoms with Crippen LogP contribution in [0.15, 0.2) is 72.3 Å². The average Bonchev–Trinajstić information content (AvgIpc) is 2.88. The van der Waals surface area contributed by atoms with Gasteiger partial charge in [0.25, 0.3) is 11.8 Å². The second-order valence-corrected chi connectivity index (χ2v) is 7.73. The maximum atomic E-state index is 12.6. The number of carbonyl (C=O) groups is 2. The van der Waals surface area contributed by atoms with Crippen molar-refractivity contribution in [1.82, 2.24) is 0 Å². The first-order chi connectivity index (χ1) is 17.4. The zero-order chi connectivity index (χ0) is 25.9. The number of nitrogens with zero attached hydrogens (tertiary/aromatic N) is 1. The summed E-state index contributed by atoms with van der Waals surface area (Å²) in [5.41, 5.74) is 1.45. The largest absolute Gasteiger partial charge is 0.494 e. The topological polar surface area (TPSA) is 110 Å². The lowest BCUT2D eigenvalue weighted by Crippen LogP contribution is -2.20. The minimum Gasteiger partial charge on any atom is -0.494 e. The lowest BCUT2D eigenvalue weighted by Gasteiger charge is -2.13. The number of rotatable bonds is 10. The maximum Gasteiger partial charge on any atom is 0.266 e. The van der Waals surface area contributed by atoms with E-state index < -0.39 is 5.91 Å². The summed E-state index contributed by atoms with van der Waals surface area (Å²) in [5.74, 6) is 0.117.